The van der Waals surface area contributed by atoms with Crippen LogP contribution in [-0.2, 0) is 26.6 Å². The van der Waals surface area contributed by atoms with E-state index in [2.05, 4.69) is 0 Å². The molecule has 0 saturated carbocycles. The molecular weight excluding hydrogens is 515 g/mol. The summed E-state index contributed by atoms with van der Waals surface area (Å²) in [5.74, 6) is -0.201. The highest BCUT2D eigenvalue weighted by molar-refractivity contribution is 9.15. The molecule has 0 amide bonds. The van der Waals surface area contributed by atoms with Crippen LogP contribution in [0.5, 0.6) is 0 Å². The lowest BCUT2D eigenvalue weighted by atomic mass is 10.2. The van der Waals surface area contributed by atoms with Crippen molar-refractivity contribution in [1.29, 1.82) is 0 Å². The molecule has 0 atom stereocenters. The van der Waals surface area contributed by atoms with E-state index in [1.165, 1.54) is 0 Å². The molecule has 0 aromatic carbocycles. The lowest BCUT2D eigenvalue weighted by Gasteiger charge is -2.13. The molecule has 31 heavy (non-hydrogen) atoms. The van der Waals surface area contributed by atoms with Gasteiger partial charge >= 0.3 is 4.55 Å². The topological polar surface area (TPSA) is 102 Å². The van der Waals surface area contributed by atoms with Crippen molar-refractivity contribution < 1.29 is 25.3 Å². The lowest BCUT2D eigenvalue weighted by Crippen LogP contribution is -2.16. The highest BCUT2D eigenvalue weighted by atomic mass is 33.2. The summed E-state index contributed by atoms with van der Waals surface area (Å²) >= 11 is 0. The average molecular weight is 555 g/mol. The van der Waals surface area contributed by atoms with E-state index in [1.807, 2.05) is 20.8 Å². The first-order chi connectivity index (χ1) is 14.5. The maximum Gasteiger partial charge on any atom is 0.391 e. The predicted octanol–water partition coefficient (Wildman–Crippen LogP) is 5.90. The number of unbranched alkanes of at least 4 members (excludes halogenated alkanes) is 9. The van der Waals surface area contributed by atoms with Gasteiger partial charge in [-0.05, 0) is 19.3 Å². The summed E-state index contributed by atoms with van der Waals surface area (Å²) in [6.07, 6.45) is 9.60. The minimum Gasteiger partial charge on any atom is -0.218 e. The van der Waals surface area contributed by atoms with Gasteiger partial charge in [-0.15, -0.1) is 0 Å². The van der Waals surface area contributed by atoms with E-state index in [9.17, 15) is 25.3 Å². The fourth-order valence-electron chi connectivity index (χ4n) is 2.67. The first-order valence-electron chi connectivity index (χ1n) is 11.2. The molecule has 13 heteroatoms. The minimum atomic E-state index is -3.62. The molecule has 0 aromatic heterocycles. The Labute approximate surface area is 202 Å². The molecule has 0 aliphatic heterocycles. The van der Waals surface area contributed by atoms with Crippen molar-refractivity contribution in [3.8, 4) is 0 Å². The van der Waals surface area contributed by atoms with Crippen LogP contribution < -0.4 is 0 Å². The van der Waals surface area contributed by atoms with Crippen LogP contribution in [0.1, 0.15) is 97.8 Å². The van der Waals surface area contributed by atoms with Crippen molar-refractivity contribution in [2.24, 2.45) is 0 Å². The van der Waals surface area contributed by atoms with E-state index in [0.29, 0.717) is 51.2 Å². The molecule has 0 unspecified atom stereocenters. The molecule has 0 N–H and O–H groups in total. The Morgan fingerprint density at radius 3 is 0.935 bits per heavy atom. The zero-order valence-corrected chi connectivity index (χ0v) is 24.0. The van der Waals surface area contributed by atoms with Gasteiger partial charge in [-0.25, -0.2) is 25.3 Å². The monoisotopic (exact) mass is 554 g/mol. The highest BCUT2D eigenvalue weighted by Crippen LogP contribution is 2.40. The molecule has 0 fully saturated rings. The van der Waals surface area contributed by atoms with Crippen LogP contribution in [0.15, 0.2) is 0 Å². The van der Waals surface area contributed by atoms with E-state index in [1.54, 1.807) is 0 Å². The third-order valence-electron chi connectivity index (χ3n) is 4.42. The maximum atomic E-state index is 12.5. The number of hydrogen-bond acceptors (Lipinski definition) is 9. The summed E-state index contributed by atoms with van der Waals surface area (Å²) in [7, 11) is -9.40. The second-order valence-corrected chi connectivity index (χ2v) is 21.3. The van der Waals surface area contributed by atoms with Crippen molar-refractivity contribution >= 4 is 63.1 Å². The Morgan fingerprint density at radius 2 is 0.710 bits per heavy atom. The van der Waals surface area contributed by atoms with Gasteiger partial charge in [0, 0.05) is 0 Å². The summed E-state index contributed by atoms with van der Waals surface area (Å²) in [4.78, 5) is 0. The molecule has 0 saturated heterocycles. The summed E-state index contributed by atoms with van der Waals surface area (Å²) in [5, 5.41) is 0. The smallest absolute Gasteiger partial charge is 0.218 e. The van der Waals surface area contributed by atoms with Crippen LogP contribution in [0, 0.1) is 0 Å². The number of rotatable bonds is 21. The SMILES string of the molecule is CCCCCCS(=O)(=O)SB(SS(=O)(=O)CCCCCC)SS(=O)(=O)CCCCCC. The van der Waals surface area contributed by atoms with E-state index in [4.69, 9.17) is 0 Å². The fourth-order valence-corrected chi connectivity index (χ4v) is 19.7. The van der Waals surface area contributed by atoms with Crippen molar-refractivity contribution in [3.05, 3.63) is 0 Å². The molecule has 0 bridgehead atoms. The van der Waals surface area contributed by atoms with Gasteiger partial charge in [-0.1, -0.05) is 110 Å². The Hall–Kier alpha value is 0.965. The van der Waals surface area contributed by atoms with Crippen LogP contribution in [0.3, 0.4) is 0 Å². The van der Waals surface area contributed by atoms with Crippen molar-refractivity contribution in [3.63, 3.8) is 0 Å². The number of hydrogen-bond donors (Lipinski definition) is 0. The zero-order chi connectivity index (χ0) is 23.8. The third kappa shape index (κ3) is 19.0. The van der Waals surface area contributed by atoms with Crippen LogP contribution in [0.25, 0.3) is 0 Å². The molecule has 0 spiro atoms. The van der Waals surface area contributed by atoms with E-state index in [-0.39, 0.29) is 17.3 Å². The summed E-state index contributed by atoms with van der Waals surface area (Å²) in [5.41, 5.74) is 0. The molecule has 0 radical (unpaired) electrons. The van der Waals surface area contributed by atoms with E-state index >= 15 is 0 Å². The van der Waals surface area contributed by atoms with Gasteiger partial charge in [0.05, 0.1) is 17.3 Å². The van der Waals surface area contributed by atoms with Gasteiger partial charge in [-0.3, -0.25) is 0 Å². The van der Waals surface area contributed by atoms with Crippen molar-refractivity contribution in [1.82, 2.24) is 0 Å². The highest BCUT2D eigenvalue weighted by Gasteiger charge is 2.35. The fraction of sp³-hybridized carbons (Fsp3) is 1.00. The first kappa shape index (κ1) is 32.0. The Balaban J connectivity index is 5.15. The second kappa shape index (κ2) is 17.4. The van der Waals surface area contributed by atoms with E-state index < -0.39 is 31.2 Å². The molecule has 0 aliphatic rings. The normalized spacial score (nSPS) is 12.9. The van der Waals surface area contributed by atoms with Crippen LogP contribution >= 0.6 is 31.9 Å². The minimum absolute atomic E-state index is 0.0671. The Morgan fingerprint density at radius 1 is 0.452 bits per heavy atom. The summed E-state index contributed by atoms with van der Waals surface area (Å²) in [6.45, 7) is 6.09. The molecule has 0 aromatic rings. The van der Waals surface area contributed by atoms with Crippen LogP contribution in [-0.4, -0.2) is 47.1 Å². The second-order valence-electron chi connectivity index (χ2n) is 7.54. The van der Waals surface area contributed by atoms with E-state index in [0.717, 1.165) is 57.8 Å². The maximum absolute atomic E-state index is 12.5. The molecule has 0 aliphatic carbocycles. The lowest BCUT2D eigenvalue weighted by molar-refractivity contribution is 0.602. The van der Waals surface area contributed by atoms with Gasteiger partial charge in [0.2, 0.25) is 0 Å². The Kier molecular flexibility index (Phi) is 17.9. The van der Waals surface area contributed by atoms with Crippen molar-refractivity contribution in [2.45, 2.75) is 97.8 Å². The van der Waals surface area contributed by atoms with Crippen LogP contribution in [0.4, 0.5) is 0 Å². The average Bonchev–Trinajstić information content (AvgIpc) is 2.65. The third-order valence-corrected chi connectivity index (χ3v) is 17.9. The Bertz CT molecular complexity index is 663. The summed E-state index contributed by atoms with van der Waals surface area (Å²) < 4.78 is 74.0. The zero-order valence-electron chi connectivity index (χ0n) is 19.1. The first-order valence-corrected chi connectivity index (χ1v) is 20.3. The van der Waals surface area contributed by atoms with Crippen LogP contribution in [0.2, 0.25) is 0 Å². The van der Waals surface area contributed by atoms with Gasteiger partial charge in [0.1, 0.15) is 0 Å². The van der Waals surface area contributed by atoms with Gasteiger partial charge < -0.3 is 0 Å². The predicted molar refractivity (Wildman–Crippen MR) is 142 cm³/mol. The molecule has 6 nitrogen and oxygen atoms in total. The summed E-state index contributed by atoms with van der Waals surface area (Å²) in [6, 6.07) is 0. The quantitative estimate of drug-likeness (QED) is 0.0974. The largest absolute Gasteiger partial charge is 0.391 e. The molecule has 0 heterocycles. The van der Waals surface area contributed by atoms with Gasteiger partial charge in [-0.2, -0.15) is 0 Å². The van der Waals surface area contributed by atoms with Crippen molar-refractivity contribution in [2.75, 3.05) is 17.3 Å². The van der Waals surface area contributed by atoms with Gasteiger partial charge in [0.25, 0.3) is 0 Å². The molecular formula is C18H39BO6S6. The standard InChI is InChI=1S/C18H39BO6S6/c1-4-7-10-13-16-29(20,21)26-19(27-30(22,23)17-14-11-8-5-2)28-31(24,25)18-15-12-9-6-3/h4-18H2,1-3H3. The molecule has 0 rings (SSSR count). The van der Waals surface area contributed by atoms with Gasteiger partial charge in [0.15, 0.2) is 26.6 Å². The molecule has 186 valence electrons.